The Bertz CT molecular complexity index is 714. The maximum absolute atomic E-state index is 12.0. The second-order valence-corrected chi connectivity index (χ2v) is 10.9. The molecule has 0 unspecified atom stereocenters. The van der Waals surface area contributed by atoms with Crippen LogP contribution >= 0.6 is 0 Å². The number of aromatic amines is 1. The van der Waals surface area contributed by atoms with Crippen LogP contribution in [0.2, 0.25) is 0 Å². The van der Waals surface area contributed by atoms with Gasteiger partial charge in [-0.25, -0.2) is 4.79 Å². The Hall–Kier alpha value is -1.60. The number of carbonyl (C=O) groups is 1. The van der Waals surface area contributed by atoms with Crippen LogP contribution in [0, 0.1) is 5.41 Å². The van der Waals surface area contributed by atoms with Crippen molar-refractivity contribution in [1.82, 2.24) is 20.4 Å². The van der Waals surface area contributed by atoms with Crippen LogP contribution in [0.25, 0.3) is 0 Å². The van der Waals surface area contributed by atoms with E-state index in [9.17, 15) is 4.79 Å². The molecular weight excluding hydrogens is 380 g/mol. The Morgan fingerprint density at radius 3 is 2.63 bits per heavy atom. The molecule has 7 nitrogen and oxygen atoms in total. The number of carbonyl (C=O) groups excluding carboxylic acids is 1. The Morgan fingerprint density at radius 2 is 2.07 bits per heavy atom. The van der Waals surface area contributed by atoms with Gasteiger partial charge in [-0.05, 0) is 58.3 Å². The molecule has 1 saturated heterocycles. The lowest BCUT2D eigenvalue weighted by molar-refractivity contribution is -0.0296. The molecule has 30 heavy (non-hydrogen) atoms. The maximum Gasteiger partial charge on any atom is 0.409 e. The monoisotopic (exact) mass is 420 g/mol. The first kappa shape index (κ1) is 23.1. The lowest BCUT2D eigenvalue weighted by Gasteiger charge is -2.37. The van der Waals surface area contributed by atoms with Crippen molar-refractivity contribution in [2.45, 2.75) is 90.3 Å². The minimum absolute atomic E-state index is 0.0999. The number of nitrogens with one attached hydrogen (secondary N) is 2. The van der Waals surface area contributed by atoms with Crippen molar-refractivity contribution < 1.29 is 14.3 Å². The van der Waals surface area contributed by atoms with Crippen molar-refractivity contribution in [2.24, 2.45) is 5.41 Å². The van der Waals surface area contributed by atoms with E-state index >= 15 is 0 Å². The maximum atomic E-state index is 12.0. The molecule has 0 radical (unpaired) electrons. The van der Waals surface area contributed by atoms with Crippen molar-refractivity contribution in [2.75, 3.05) is 26.8 Å². The average molecular weight is 421 g/mol. The highest BCUT2D eigenvalue weighted by molar-refractivity contribution is 5.68. The zero-order valence-electron chi connectivity index (χ0n) is 19.6. The number of nitrogens with zero attached hydrogens (tertiary/aromatic N) is 2. The smallest absolute Gasteiger partial charge is 0.409 e. The number of H-pyrrole nitrogens is 1. The van der Waals surface area contributed by atoms with Gasteiger partial charge in [0.15, 0.2) is 0 Å². The Labute approximate surface area is 181 Å². The van der Waals surface area contributed by atoms with Gasteiger partial charge in [-0.15, -0.1) is 0 Å². The quantitative estimate of drug-likeness (QED) is 0.674. The summed E-state index contributed by atoms with van der Waals surface area (Å²) in [6, 6.07) is 0. The summed E-state index contributed by atoms with van der Waals surface area (Å²) >= 11 is 0. The van der Waals surface area contributed by atoms with Crippen LogP contribution in [-0.2, 0) is 16.0 Å². The Balaban J connectivity index is 1.50. The van der Waals surface area contributed by atoms with Crippen LogP contribution in [0.1, 0.15) is 83.9 Å². The molecule has 0 aromatic carbocycles. The molecule has 1 aliphatic carbocycles. The van der Waals surface area contributed by atoms with Crippen LogP contribution in [-0.4, -0.2) is 59.1 Å². The third kappa shape index (κ3) is 5.35. The first-order valence-electron chi connectivity index (χ1n) is 11.3. The molecular formula is C23H40N4O3. The van der Waals surface area contributed by atoms with E-state index in [0.717, 1.165) is 38.8 Å². The fourth-order valence-electron chi connectivity index (χ4n) is 5.12. The zero-order chi connectivity index (χ0) is 22.0. The Kier molecular flexibility index (Phi) is 6.82. The van der Waals surface area contributed by atoms with E-state index in [4.69, 9.17) is 9.47 Å². The molecule has 1 amide bonds. The highest BCUT2D eigenvalue weighted by Crippen LogP contribution is 2.49. The van der Waals surface area contributed by atoms with Crippen molar-refractivity contribution in [3.8, 4) is 0 Å². The first-order chi connectivity index (χ1) is 14.1. The summed E-state index contributed by atoms with van der Waals surface area (Å²) < 4.78 is 11.2. The number of amides is 1. The summed E-state index contributed by atoms with van der Waals surface area (Å²) in [5, 5.41) is 11.1. The van der Waals surface area contributed by atoms with E-state index in [1.165, 1.54) is 24.8 Å². The number of hydrogen-bond donors (Lipinski definition) is 2. The van der Waals surface area contributed by atoms with Crippen molar-refractivity contribution in [1.29, 1.82) is 0 Å². The van der Waals surface area contributed by atoms with Crippen molar-refractivity contribution in [3.05, 3.63) is 17.5 Å². The highest BCUT2D eigenvalue weighted by Gasteiger charge is 2.46. The molecule has 170 valence electrons. The van der Waals surface area contributed by atoms with Gasteiger partial charge in [0, 0.05) is 42.3 Å². The molecule has 0 bridgehead atoms. The second kappa shape index (κ2) is 8.87. The number of rotatable bonds is 6. The predicted octanol–water partition coefficient (Wildman–Crippen LogP) is 4.21. The van der Waals surface area contributed by atoms with Gasteiger partial charge < -0.3 is 19.7 Å². The molecule has 0 atom stereocenters. The zero-order valence-corrected chi connectivity index (χ0v) is 19.6. The molecule has 1 aromatic heterocycles. The third-order valence-corrected chi connectivity index (χ3v) is 6.66. The summed E-state index contributed by atoms with van der Waals surface area (Å²) in [6.07, 6.45) is 7.37. The fraction of sp³-hybridized carbons (Fsp3) is 0.826. The van der Waals surface area contributed by atoms with E-state index in [-0.39, 0.29) is 17.2 Å². The van der Waals surface area contributed by atoms with Gasteiger partial charge >= 0.3 is 6.09 Å². The predicted molar refractivity (Wildman–Crippen MR) is 117 cm³/mol. The number of methoxy groups -OCH3 is 1. The summed E-state index contributed by atoms with van der Waals surface area (Å²) in [6.45, 7) is 13.6. The fourth-order valence-corrected chi connectivity index (χ4v) is 5.12. The highest BCUT2D eigenvalue weighted by atomic mass is 16.5. The normalized spacial score (nSPS) is 26.1. The summed E-state index contributed by atoms with van der Waals surface area (Å²) in [5.74, 6) is 0.517. The van der Waals surface area contributed by atoms with Gasteiger partial charge in [0.2, 0.25) is 0 Å². The molecule has 2 aliphatic rings. The molecule has 2 fully saturated rings. The van der Waals surface area contributed by atoms with Gasteiger partial charge in [-0.3, -0.25) is 5.10 Å². The van der Waals surface area contributed by atoms with Gasteiger partial charge in [-0.1, -0.05) is 13.8 Å². The summed E-state index contributed by atoms with van der Waals surface area (Å²) in [4.78, 5) is 13.8. The van der Waals surface area contributed by atoms with Gasteiger partial charge in [0.25, 0.3) is 0 Å². The van der Waals surface area contributed by atoms with E-state index in [1.807, 2.05) is 27.0 Å². The van der Waals surface area contributed by atoms with E-state index in [2.05, 4.69) is 29.4 Å². The van der Waals surface area contributed by atoms with Crippen LogP contribution < -0.4 is 5.32 Å². The van der Waals surface area contributed by atoms with E-state index in [0.29, 0.717) is 24.4 Å². The largest absolute Gasteiger partial charge is 0.453 e. The van der Waals surface area contributed by atoms with Crippen LogP contribution in [0.4, 0.5) is 4.79 Å². The number of hydrogen-bond acceptors (Lipinski definition) is 5. The molecule has 7 heteroatoms. The van der Waals surface area contributed by atoms with E-state index in [1.54, 1.807) is 4.90 Å². The Morgan fingerprint density at radius 1 is 1.37 bits per heavy atom. The summed E-state index contributed by atoms with van der Waals surface area (Å²) in [7, 11) is 1.43. The molecule has 1 spiro atoms. The third-order valence-electron chi connectivity index (χ3n) is 6.66. The van der Waals surface area contributed by atoms with Crippen molar-refractivity contribution in [3.63, 3.8) is 0 Å². The van der Waals surface area contributed by atoms with Gasteiger partial charge in [-0.2, -0.15) is 5.10 Å². The molecule has 2 heterocycles. The van der Waals surface area contributed by atoms with Gasteiger partial charge in [0.1, 0.15) is 0 Å². The average Bonchev–Trinajstić information content (AvgIpc) is 3.25. The lowest BCUT2D eigenvalue weighted by Crippen LogP contribution is -2.48. The molecule has 2 N–H and O–H groups in total. The van der Waals surface area contributed by atoms with E-state index < -0.39 is 0 Å². The molecule has 1 aromatic rings. The van der Waals surface area contributed by atoms with Crippen molar-refractivity contribution >= 4 is 6.09 Å². The number of aromatic nitrogens is 2. The standard InChI is InChI=1S/C23H40N4O3/c1-21(2,3)27(20(28)29-6)12-11-24-13-18-14-25-26-19(18)17-7-9-23(10-8-17)15-22(4,5)16-30-23/h14,17,24H,7-13,15-16H2,1-6H3,(H,25,26). The van der Waals surface area contributed by atoms with Gasteiger partial charge in [0.05, 0.1) is 25.5 Å². The second-order valence-electron chi connectivity index (χ2n) is 10.9. The SMILES string of the molecule is COC(=O)N(CCNCc1cn[nH]c1C1CCC2(CC1)CC(C)(C)CO2)C(C)(C)C. The molecule has 1 saturated carbocycles. The lowest BCUT2D eigenvalue weighted by atomic mass is 9.72. The summed E-state index contributed by atoms with van der Waals surface area (Å²) in [5.41, 5.74) is 2.62. The van der Waals surface area contributed by atoms with Crippen LogP contribution in [0.15, 0.2) is 6.20 Å². The minimum atomic E-state index is -0.290. The van der Waals surface area contributed by atoms with Crippen LogP contribution in [0.3, 0.4) is 0 Å². The molecule has 3 rings (SSSR count). The minimum Gasteiger partial charge on any atom is -0.453 e. The first-order valence-corrected chi connectivity index (χ1v) is 11.3. The topological polar surface area (TPSA) is 79.5 Å². The van der Waals surface area contributed by atoms with Crippen LogP contribution in [0.5, 0.6) is 0 Å². The molecule has 1 aliphatic heterocycles. The number of ether oxygens (including phenoxy) is 2.